The van der Waals surface area contributed by atoms with Crippen molar-refractivity contribution in [2.24, 2.45) is 5.92 Å². The van der Waals surface area contributed by atoms with Gasteiger partial charge >= 0.3 is 5.97 Å². The normalized spacial score (nSPS) is 11.7. The van der Waals surface area contributed by atoms with Gasteiger partial charge in [0.1, 0.15) is 11.7 Å². The van der Waals surface area contributed by atoms with Crippen molar-refractivity contribution in [1.29, 1.82) is 0 Å². The van der Waals surface area contributed by atoms with Crippen LogP contribution in [-0.2, 0) is 9.59 Å². The zero-order valence-corrected chi connectivity index (χ0v) is 10.0. The first-order chi connectivity index (χ1) is 7.99. The number of nitrogens with zero attached hydrogens (tertiary/aromatic N) is 1. The molecule has 0 aromatic heterocycles. The summed E-state index contributed by atoms with van der Waals surface area (Å²) in [6.45, 7) is 1.36. The molecule has 0 radical (unpaired) electrons. The number of hydrogen-bond acceptors (Lipinski definition) is 3. The van der Waals surface area contributed by atoms with Crippen molar-refractivity contribution in [1.82, 2.24) is 0 Å². The second-order valence-electron chi connectivity index (χ2n) is 3.63. The lowest BCUT2D eigenvalue weighted by Crippen LogP contribution is -2.35. The van der Waals surface area contributed by atoms with E-state index in [-0.39, 0.29) is 0 Å². The Morgan fingerprint density at radius 1 is 1.35 bits per heavy atom. The topological polar surface area (TPSA) is 66.8 Å². The second kappa shape index (κ2) is 5.34. The highest BCUT2D eigenvalue weighted by molar-refractivity contribution is 6.05. The van der Waals surface area contributed by atoms with Crippen molar-refractivity contribution in [3.8, 4) is 5.75 Å². The molecule has 0 heterocycles. The predicted octanol–water partition coefficient (Wildman–Crippen LogP) is 1.38. The molecule has 92 valence electrons. The summed E-state index contributed by atoms with van der Waals surface area (Å²) >= 11 is 0. The molecule has 0 aliphatic rings. The molecule has 1 rings (SSSR count). The molecule has 0 aliphatic heterocycles. The van der Waals surface area contributed by atoms with Crippen molar-refractivity contribution in [2.45, 2.75) is 6.92 Å². The number of para-hydroxylation sites is 2. The molecule has 5 nitrogen and oxygen atoms in total. The summed E-state index contributed by atoms with van der Waals surface area (Å²) in [5.41, 5.74) is 0.549. The summed E-state index contributed by atoms with van der Waals surface area (Å²) in [5.74, 6) is -2.18. The van der Waals surface area contributed by atoms with Crippen LogP contribution in [0.3, 0.4) is 0 Å². The van der Waals surface area contributed by atoms with Crippen LogP contribution in [0.2, 0.25) is 0 Å². The molecule has 1 N–H and O–H groups in total. The molecule has 1 atom stereocenters. The van der Waals surface area contributed by atoms with E-state index in [1.807, 2.05) is 0 Å². The van der Waals surface area contributed by atoms with Gasteiger partial charge in [0, 0.05) is 7.05 Å². The Kier molecular flexibility index (Phi) is 4.09. The van der Waals surface area contributed by atoms with E-state index in [4.69, 9.17) is 9.84 Å². The van der Waals surface area contributed by atoms with Crippen molar-refractivity contribution >= 4 is 17.6 Å². The van der Waals surface area contributed by atoms with Crippen LogP contribution in [0, 0.1) is 5.92 Å². The number of methoxy groups -OCH3 is 1. The van der Waals surface area contributed by atoms with Crippen LogP contribution >= 0.6 is 0 Å². The van der Waals surface area contributed by atoms with E-state index in [2.05, 4.69) is 0 Å². The van der Waals surface area contributed by atoms with Crippen molar-refractivity contribution in [3.05, 3.63) is 24.3 Å². The van der Waals surface area contributed by atoms with Crippen LogP contribution in [0.5, 0.6) is 5.75 Å². The third-order valence-corrected chi connectivity index (χ3v) is 2.52. The smallest absolute Gasteiger partial charge is 0.315 e. The van der Waals surface area contributed by atoms with Crippen LogP contribution in [-0.4, -0.2) is 31.1 Å². The molecule has 1 aromatic rings. The molecule has 0 fully saturated rings. The molecule has 1 aromatic carbocycles. The van der Waals surface area contributed by atoms with Crippen LogP contribution in [0.15, 0.2) is 24.3 Å². The summed E-state index contributed by atoms with van der Waals surface area (Å²) in [6, 6.07) is 6.95. The van der Waals surface area contributed by atoms with Crippen molar-refractivity contribution in [3.63, 3.8) is 0 Å². The third-order valence-electron chi connectivity index (χ3n) is 2.52. The number of carbonyl (C=O) groups is 2. The molecule has 0 spiro atoms. The Bertz CT molecular complexity index is 430. The Morgan fingerprint density at radius 3 is 2.47 bits per heavy atom. The van der Waals surface area contributed by atoms with E-state index in [0.29, 0.717) is 11.4 Å². The van der Waals surface area contributed by atoms with Gasteiger partial charge in [0.2, 0.25) is 5.91 Å². The van der Waals surface area contributed by atoms with Gasteiger partial charge in [0.15, 0.2) is 0 Å². The second-order valence-corrected chi connectivity index (χ2v) is 3.63. The monoisotopic (exact) mass is 237 g/mol. The average molecular weight is 237 g/mol. The Balaban J connectivity index is 3.00. The van der Waals surface area contributed by atoms with Crippen LogP contribution < -0.4 is 9.64 Å². The van der Waals surface area contributed by atoms with E-state index >= 15 is 0 Å². The van der Waals surface area contributed by atoms with Gasteiger partial charge in [-0.3, -0.25) is 9.59 Å². The molecule has 0 saturated carbocycles. The number of rotatable bonds is 4. The maximum atomic E-state index is 11.8. The molecule has 1 amide bonds. The fraction of sp³-hybridized carbons (Fsp3) is 0.333. The Labute approximate surface area is 99.6 Å². The average Bonchev–Trinajstić information content (AvgIpc) is 2.35. The number of aliphatic carboxylic acids is 1. The van der Waals surface area contributed by atoms with Crippen LogP contribution in [0.4, 0.5) is 5.69 Å². The molecular weight excluding hydrogens is 222 g/mol. The van der Waals surface area contributed by atoms with Gasteiger partial charge in [0.05, 0.1) is 12.8 Å². The zero-order valence-electron chi connectivity index (χ0n) is 10.0. The number of amides is 1. The molecule has 0 aliphatic carbocycles. The lowest BCUT2D eigenvalue weighted by atomic mass is 10.1. The Hall–Kier alpha value is -2.04. The fourth-order valence-corrected chi connectivity index (χ4v) is 1.42. The fourth-order valence-electron chi connectivity index (χ4n) is 1.42. The van der Waals surface area contributed by atoms with Gasteiger partial charge in [-0.1, -0.05) is 12.1 Å². The van der Waals surface area contributed by atoms with Crippen molar-refractivity contribution < 1.29 is 19.4 Å². The highest BCUT2D eigenvalue weighted by Gasteiger charge is 2.25. The van der Waals surface area contributed by atoms with Crippen LogP contribution in [0.1, 0.15) is 6.92 Å². The van der Waals surface area contributed by atoms with Gasteiger partial charge in [-0.15, -0.1) is 0 Å². The molecule has 17 heavy (non-hydrogen) atoms. The van der Waals surface area contributed by atoms with Gasteiger partial charge in [-0.05, 0) is 19.1 Å². The SMILES string of the molecule is COc1ccccc1N(C)C(=O)C(C)C(=O)O. The highest BCUT2D eigenvalue weighted by Crippen LogP contribution is 2.27. The summed E-state index contributed by atoms with van der Waals surface area (Å²) in [7, 11) is 3.03. The summed E-state index contributed by atoms with van der Waals surface area (Å²) in [4.78, 5) is 23.9. The van der Waals surface area contributed by atoms with E-state index < -0.39 is 17.8 Å². The first kappa shape index (κ1) is 13.0. The maximum Gasteiger partial charge on any atom is 0.315 e. The lowest BCUT2D eigenvalue weighted by Gasteiger charge is -2.21. The first-order valence-electron chi connectivity index (χ1n) is 5.12. The minimum atomic E-state index is -1.14. The maximum absolute atomic E-state index is 11.8. The van der Waals surface area contributed by atoms with Gasteiger partial charge in [-0.25, -0.2) is 0 Å². The number of benzene rings is 1. The molecule has 0 bridgehead atoms. The number of anilines is 1. The van der Waals surface area contributed by atoms with Gasteiger partial charge in [0.25, 0.3) is 0 Å². The summed E-state index contributed by atoms with van der Waals surface area (Å²) in [5, 5.41) is 8.80. The largest absolute Gasteiger partial charge is 0.495 e. The number of carboxylic acid groups (broad SMARTS) is 1. The van der Waals surface area contributed by atoms with E-state index in [1.54, 1.807) is 24.3 Å². The van der Waals surface area contributed by atoms with Crippen molar-refractivity contribution in [2.75, 3.05) is 19.1 Å². The standard InChI is InChI=1S/C12H15NO4/c1-8(12(15)16)11(14)13(2)9-6-4-5-7-10(9)17-3/h4-8H,1-3H3,(H,15,16). The Morgan fingerprint density at radius 2 is 1.94 bits per heavy atom. The quantitative estimate of drug-likeness (QED) is 0.803. The number of carboxylic acids is 1. The van der Waals surface area contributed by atoms with E-state index in [0.717, 1.165) is 0 Å². The number of carbonyl (C=O) groups excluding carboxylic acids is 1. The third kappa shape index (κ3) is 2.75. The molecule has 1 unspecified atom stereocenters. The van der Waals surface area contributed by atoms with E-state index in [9.17, 15) is 9.59 Å². The van der Waals surface area contributed by atoms with Gasteiger partial charge < -0.3 is 14.7 Å². The van der Waals surface area contributed by atoms with Crippen LogP contribution in [0.25, 0.3) is 0 Å². The highest BCUT2D eigenvalue weighted by atomic mass is 16.5. The van der Waals surface area contributed by atoms with Gasteiger partial charge in [-0.2, -0.15) is 0 Å². The molecular formula is C12H15NO4. The zero-order chi connectivity index (χ0) is 13.0. The predicted molar refractivity (Wildman–Crippen MR) is 63.2 cm³/mol. The summed E-state index contributed by atoms with van der Waals surface area (Å²) < 4.78 is 5.12. The molecule has 0 saturated heterocycles. The molecule has 5 heteroatoms. The first-order valence-corrected chi connectivity index (χ1v) is 5.12. The van der Waals surface area contributed by atoms with E-state index in [1.165, 1.54) is 26.0 Å². The number of ether oxygens (including phenoxy) is 1. The summed E-state index contributed by atoms with van der Waals surface area (Å²) in [6.07, 6.45) is 0. The minimum absolute atomic E-state index is 0.484. The number of hydrogen-bond donors (Lipinski definition) is 1. The minimum Gasteiger partial charge on any atom is -0.495 e. The lowest BCUT2D eigenvalue weighted by molar-refractivity contribution is -0.145.